The van der Waals surface area contributed by atoms with E-state index in [-0.39, 0.29) is 5.78 Å². The van der Waals surface area contributed by atoms with Crippen LogP contribution in [0.4, 0.5) is 0 Å². The lowest BCUT2D eigenvalue weighted by molar-refractivity contribution is -0.121. The second-order valence-corrected chi connectivity index (χ2v) is 5.45. The molecule has 0 radical (unpaired) electrons. The molecule has 2 rings (SSSR count). The molecule has 1 aliphatic carbocycles. The highest BCUT2D eigenvalue weighted by Crippen LogP contribution is 2.45. The fraction of sp³-hybridized carbons (Fsp3) is 0.471. The van der Waals surface area contributed by atoms with Crippen LogP contribution >= 0.6 is 0 Å². The first kappa shape index (κ1) is 15.4. The quantitative estimate of drug-likeness (QED) is 0.854. The van der Waals surface area contributed by atoms with Crippen LogP contribution in [0.5, 0.6) is 11.5 Å². The van der Waals surface area contributed by atoms with Gasteiger partial charge in [-0.3, -0.25) is 4.79 Å². The Morgan fingerprint density at radius 2 is 1.81 bits per heavy atom. The minimum atomic E-state index is -0.619. The third-order valence-corrected chi connectivity index (χ3v) is 4.36. The molecular weight excluding hydrogens is 268 g/mol. The average Bonchev–Trinajstić information content (AvgIpc) is 2.52. The van der Waals surface area contributed by atoms with E-state index < -0.39 is 5.41 Å². The summed E-state index contributed by atoms with van der Waals surface area (Å²) >= 11 is 0. The molecule has 0 aliphatic heterocycles. The van der Waals surface area contributed by atoms with Crippen LogP contribution in [-0.4, -0.2) is 27.1 Å². The second kappa shape index (κ2) is 5.80. The third-order valence-electron chi connectivity index (χ3n) is 4.36. The maximum absolute atomic E-state index is 12.9. The van der Waals surface area contributed by atoms with E-state index >= 15 is 0 Å². The minimum Gasteiger partial charge on any atom is -0.501 e. The molecule has 0 saturated heterocycles. The fourth-order valence-electron chi connectivity index (χ4n) is 3.04. The van der Waals surface area contributed by atoms with Crippen molar-refractivity contribution in [2.45, 2.75) is 32.1 Å². The van der Waals surface area contributed by atoms with Crippen LogP contribution in [-0.2, 0) is 14.9 Å². The molecule has 0 N–H and O–H groups in total. The van der Waals surface area contributed by atoms with E-state index in [9.17, 15) is 4.79 Å². The first-order valence-corrected chi connectivity index (χ1v) is 6.99. The Hall–Kier alpha value is -1.97. The van der Waals surface area contributed by atoms with Crippen LogP contribution in [0.2, 0.25) is 0 Å². The summed E-state index contributed by atoms with van der Waals surface area (Å²) < 4.78 is 16.1. The van der Waals surface area contributed by atoms with Gasteiger partial charge in [0.05, 0.1) is 26.7 Å². The van der Waals surface area contributed by atoms with Crippen LogP contribution in [0.25, 0.3) is 0 Å². The van der Waals surface area contributed by atoms with E-state index in [0.29, 0.717) is 23.5 Å². The van der Waals surface area contributed by atoms with Crippen LogP contribution in [0.3, 0.4) is 0 Å². The Morgan fingerprint density at radius 3 is 2.38 bits per heavy atom. The normalized spacial score (nSPS) is 22.2. The molecule has 21 heavy (non-hydrogen) atoms. The van der Waals surface area contributed by atoms with Gasteiger partial charge in [-0.05, 0) is 26.3 Å². The number of allylic oxidation sites excluding steroid dienone is 2. The summed E-state index contributed by atoms with van der Waals surface area (Å²) in [6.07, 6.45) is 1.43. The summed E-state index contributed by atoms with van der Waals surface area (Å²) in [5.41, 5.74) is 0.936. The Labute approximate surface area is 125 Å². The molecule has 1 atom stereocenters. The minimum absolute atomic E-state index is 0.0807. The molecule has 1 aliphatic rings. The van der Waals surface area contributed by atoms with Crippen molar-refractivity contribution in [2.24, 2.45) is 0 Å². The molecule has 1 aromatic carbocycles. The molecule has 0 bridgehead atoms. The van der Waals surface area contributed by atoms with Gasteiger partial charge < -0.3 is 14.2 Å². The Kier molecular flexibility index (Phi) is 4.26. The largest absolute Gasteiger partial charge is 0.501 e. The number of ketones is 1. The standard InChI is InChI=1S/C17H22O4/c1-11-13(19-3)9-10-17(2,16(11)18)12-7-6-8-14(20-4)15(12)21-5/h6-8H,9-10H2,1-5H3. The summed E-state index contributed by atoms with van der Waals surface area (Å²) in [5, 5.41) is 0. The highest BCUT2D eigenvalue weighted by molar-refractivity contribution is 6.04. The number of carbonyl (C=O) groups excluding carboxylic acids is 1. The summed E-state index contributed by atoms with van der Waals surface area (Å²) in [5.74, 6) is 2.13. The van der Waals surface area contributed by atoms with E-state index in [1.54, 1.807) is 21.3 Å². The number of benzene rings is 1. The van der Waals surface area contributed by atoms with Gasteiger partial charge in [0.15, 0.2) is 17.3 Å². The van der Waals surface area contributed by atoms with Gasteiger partial charge >= 0.3 is 0 Å². The number of methoxy groups -OCH3 is 3. The van der Waals surface area contributed by atoms with Gasteiger partial charge in [0, 0.05) is 17.6 Å². The van der Waals surface area contributed by atoms with Gasteiger partial charge in [-0.2, -0.15) is 0 Å². The summed E-state index contributed by atoms with van der Waals surface area (Å²) in [7, 11) is 4.81. The third kappa shape index (κ3) is 2.39. The van der Waals surface area contributed by atoms with Gasteiger partial charge in [-0.15, -0.1) is 0 Å². The summed E-state index contributed by atoms with van der Waals surface area (Å²) in [4.78, 5) is 12.9. The first-order chi connectivity index (χ1) is 9.99. The second-order valence-electron chi connectivity index (χ2n) is 5.45. The van der Waals surface area contributed by atoms with Gasteiger partial charge in [-0.25, -0.2) is 0 Å². The maximum Gasteiger partial charge on any atom is 0.172 e. The van der Waals surface area contributed by atoms with Gasteiger partial charge in [0.25, 0.3) is 0 Å². The number of Topliss-reactive ketones (excluding diaryl/α,β-unsaturated/α-hetero) is 1. The van der Waals surface area contributed by atoms with E-state index in [4.69, 9.17) is 14.2 Å². The average molecular weight is 290 g/mol. The van der Waals surface area contributed by atoms with Crippen molar-refractivity contribution in [2.75, 3.05) is 21.3 Å². The molecule has 0 spiro atoms. The Bertz CT molecular complexity index is 588. The van der Waals surface area contributed by atoms with Crippen molar-refractivity contribution in [3.63, 3.8) is 0 Å². The molecule has 114 valence electrons. The van der Waals surface area contributed by atoms with Crippen molar-refractivity contribution >= 4 is 5.78 Å². The lowest BCUT2D eigenvalue weighted by Gasteiger charge is -2.35. The van der Waals surface area contributed by atoms with Crippen molar-refractivity contribution in [1.29, 1.82) is 0 Å². The predicted molar refractivity (Wildman–Crippen MR) is 80.8 cm³/mol. The number of hydrogen-bond acceptors (Lipinski definition) is 4. The summed E-state index contributed by atoms with van der Waals surface area (Å²) in [6, 6.07) is 5.66. The van der Waals surface area contributed by atoms with E-state index in [2.05, 4.69) is 0 Å². The number of hydrogen-bond donors (Lipinski definition) is 0. The van der Waals surface area contributed by atoms with Crippen LogP contribution in [0.15, 0.2) is 29.5 Å². The van der Waals surface area contributed by atoms with Crippen LogP contribution in [0, 0.1) is 0 Å². The number of para-hydroxylation sites is 1. The highest BCUT2D eigenvalue weighted by Gasteiger charge is 2.42. The Morgan fingerprint density at radius 1 is 1.10 bits per heavy atom. The smallest absolute Gasteiger partial charge is 0.172 e. The van der Waals surface area contributed by atoms with E-state index in [0.717, 1.165) is 17.7 Å². The topological polar surface area (TPSA) is 44.8 Å². The van der Waals surface area contributed by atoms with Crippen LogP contribution < -0.4 is 9.47 Å². The molecule has 0 amide bonds. The molecule has 4 nitrogen and oxygen atoms in total. The SMILES string of the molecule is COC1=C(C)C(=O)C(C)(c2cccc(OC)c2OC)CC1. The molecule has 1 aromatic rings. The molecule has 1 unspecified atom stereocenters. The predicted octanol–water partition coefficient (Wildman–Crippen LogP) is 3.24. The van der Waals surface area contributed by atoms with Crippen molar-refractivity contribution in [3.8, 4) is 11.5 Å². The van der Waals surface area contributed by atoms with E-state index in [1.165, 1.54) is 0 Å². The van der Waals surface area contributed by atoms with Crippen molar-refractivity contribution < 1.29 is 19.0 Å². The number of carbonyl (C=O) groups is 1. The molecule has 0 aromatic heterocycles. The number of rotatable bonds is 4. The molecular formula is C17H22O4. The molecule has 0 saturated carbocycles. The number of ether oxygens (including phenoxy) is 3. The van der Waals surface area contributed by atoms with Gasteiger partial charge in [-0.1, -0.05) is 12.1 Å². The molecule has 0 fully saturated rings. The van der Waals surface area contributed by atoms with Crippen molar-refractivity contribution in [1.82, 2.24) is 0 Å². The van der Waals surface area contributed by atoms with Crippen LogP contribution in [0.1, 0.15) is 32.3 Å². The zero-order valence-electron chi connectivity index (χ0n) is 13.3. The first-order valence-electron chi connectivity index (χ1n) is 6.99. The van der Waals surface area contributed by atoms with Crippen molar-refractivity contribution in [3.05, 3.63) is 35.1 Å². The van der Waals surface area contributed by atoms with Gasteiger partial charge in [0.2, 0.25) is 0 Å². The highest BCUT2D eigenvalue weighted by atomic mass is 16.5. The zero-order chi connectivity index (χ0) is 15.6. The fourth-order valence-corrected chi connectivity index (χ4v) is 3.04. The molecule has 0 heterocycles. The lowest BCUT2D eigenvalue weighted by atomic mass is 9.69. The summed E-state index contributed by atoms with van der Waals surface area (Å²) in [6.45, 7) is 3.79. The Balaban J connectivity index is 2.57. The van der Waals surface area contributed by atoms with Gasteiger partial charge in [0.1, 0.15) is 5.76 Å². The lowest BCUT2D eigenvalue weighted by Crippen LogP contribution is -2.37. The molecule has 4 heteroatoms. The maximum atomic E-state index is 12.9. The van der Waals surface area contributed by atoms with E-state index in [1.807, 2.05) is 32.0 Å². The monoisotopic (exact) mass is 290 g/mol. The zero-order valence-corrected chi connectivity index (χ0v) is 13.3.